The Hall–Kier alpha value is -1.26. The van der Waals surface area contributed by atoms with Crippen molar-refractivity contribution in [3.05, 3.63) is 28.8 Å². The molecular weight excluding hydrogens is 276 g/mol. The lowest BCUT2D eigenvalue weighted by Crippen LogP contribution is -2.35. The van der Waals surface area contributed by atoms with E-state index in [-0.39, 0.29) is 12.5 Å². The van der Waals surface area contributed by atoms with Crippen LogP contribution in [0.5, 0.6) is 5.75 Å². The number of benzene rings is 1. The Balaban J connectivity index is 1.92. The second-order valence-electron chi connectivity index (χ2n) is 5.04. The van der Waals surface area contributed by atoms with Crippen molar-refractivity contribution in [1.82, 2.24) is 4.90 Å². The van der Waals surface area contributed by atoms with E-state index in [4.69, 9.17) is 22.1 Å². The Labute approximate surface area is 124 Å². The molecule has 0 radical (unpaired) electrons. The third-order valence-electron chi connectivity index (χ3n) is 3.55. The Morgan fingerprint density at radius 3 is 2.60 bits per heavy atom. The number of halogens is 1. The smallest absolute Gasteiger partial charge is 0.260 e. The van der Waals surface area contributed by atoms with Crippen LogP contribution in [0.2, 0.25) is 5.02 Å². The molecule has 0 aliphatic carbocycles. The van der Waals surface area contributed by atoms with E-state index in [0.717, 1.165) is 31.5 Å². The summed E-state index contributed by atoms with van der Waals surface area (Å²) in [4.78, 5) is 14.0. The van der Waals surface area contributed by atoms with Crippen LogP contribution in [0.1, 0.15) is 31.2 Å². The normalized spacial score (nSPS) is 15.8. The van der Waals surface area contributed by atoms with Gasteiger partial charge in [0.15, 0.2) is 6.61 Å². The quantitative estimate of drug-likeness (QED) is 0.929. The summed E-state index contributed by atoms with van der Waals surface area (Å²) in [7, 11) is 0. The van der Waals surface area contributed by atoms with Crippen molar-refractivity contribution in [2.75, 3.05) is 19.7 Å². The molecule has 1 aromatic rings. The van der Waals surface area contributed by atoms with Crippen molar-refractivity contribution in [2.24, 2.45) is 5.73 Å². The summed E-state index contributed by atoms with van der Waals surface area (Å²) in [5.74, 6) is 0.685. The number of carbonyl (C=O) groups is 1. The van der Waals surface area contributed by atoms with Crippen molar-refractivity contribution >= 4 is 17.5 Å². The molecule has 1 fully saturated rings. The predicted octanol–water partition coefficient (Wildman–Crippen LogP) is 2.58. The molecule has 4 nitrogen and oxygen atoms in total. The highest BCUT2D eigenvalue weighted by molar-refractivity contribution is 6.30. The van der Waals surface area contributed by atoms with Gasteiger partial charge in [-0.15, -0.1) is 0 Å². The molecule has 1 aromatic carbocycles. The molecule has 0 atom stereocenters. The van der Waals surface area contributed by atoms with E-state index in [2.05, 4.69) is 0 Å². The van der Waals surface area contributed by atoms with Crippen LogP contribution in [0.25, 0.3) is 0 Å². The molecule has 0 aromatic heterocycles. The van der Waals surface area contributed by atoms with Gasteiger partial charge in [-0.2, -0.15) is 0 Å². The third kappa shape index (κ3) is 4.12. The first-order valence-corrected chi connectivity index (χ1v) is 7.47. The Kier molecular flexibility index (Phi) is 5.68. The average Bonchev–Trinajstić information content (AvgIpc) is 2.74. The van der Waals surface area contributed by atoms with Gasteiger partial charge in [-0.3, -0.25) is 4.79 Å². The van der Waals surface area contributed by atoms with Crippen LogP contribution in [0.4, 0.5) is 0 Å². The fourth-order valence-electron chi connectivity index (χ4n) is 2.40. The standard InChI is InChI=1S/C15H21ClN2O2/c16-13-5-6-14(12(9-13)10-17)20-11-15(19)18-7-3-1-2-4-8-18/h5-6,9H,1-4,7-8,10-11,17H2. The second kappa shape index (κ2) is 7.50. The molecule has 1 aliphatic rings. The molecule has 1 aliphatic heterocycles. The van der Waals surface area contributed by atoms with Gasteiger partial charge in [0.05, 0.1) is 0 Å². The highest BCUT2D eigenvalue weighted by Gasteiger charge is 2.16. The fourth-order valence-corrected chi connectivity index (χ4v) is 2.59. The summed E-state index contributed by atoms with van der Waals surface area (Å²) in [5.41, 5.74) is 6.48. The minimum Gasteiger partial charge on any atom is -0.483 e. The average molecular weight is 297 g/mol. The van der Waals surface area contributed by atoms with Crippen molar-refractivity contribution < 1.29 is 9.53 Å². The highest BCUT2D eigenvalue weighted by atomic mass is 35.5. The lowest BCUT2D eigenvalue weighted by Gasteiger charge is -2.20. The number of carbonyl (C=O) groups excluding carboxylic acids is 1. The van der Waals surface area contributed by atoms with Gasteiger partial charge in [-0.25, -0.2) is 0 Å². The van der Waals surface area contributed by atoms with Gasteiger partial charge >= 0.3 is 0 Å². The summed E-state index contributed by atoms with van der Waals surface area (Å²) in [6.45, 7) is 2.08. The van der Waals surface area contributed by atoms with Crippen molar-refractivity contribution in [1.29, 1.82) is 0 Å². The van der Waals surface area contributed by atoms with Gasteiger partial charge in [-0.05, 0) is 31.0 Å². The van der Waals surface area contributed by atoms with Gasteiger partial charge in [0.1, 0.15) is 5.75 Å². The van der Waals surface area contributed by atoms with E-state index in [1.165, 1.54) is 12.8 Å². The number of likely N-dealkylation sites (tertiary alicyclic amines) is 1. The molecule has 1 saturated heterocycles. The van der Waals surface area contributed by atoms with Crippen LogP contribution in [-0.4, -0.2) is 30.5 Å². The van der Waals surface area contributed by atoms with Gasteiger partial charge in [-0.1, -0.05) is 24.4 Å². The van der Waals surface area contributed by atoms with Crippen LogP contribution >= 0.6 is 11.6 Å². The number of amides is 1. The molecule has 0 saturated carbocycles. The largest absolute Gasteiger partial charge is 0.483 e. The number of ether oxygens (including phenoxy) is 1. The molecule has 1 heterocycles. The van der Waals surface area contributed by atoms with Gasteiger partial charge in [0.25, 0.3) is 5.91 Å². The summed E-state index contributed by atoms with van der Waals surface area (Å²) in [6, 6.07) is 5.28. The summed E-state index contributed by atoms with van der Waals surface area (Å²) < 4.78 is 5.61. The first kappa shape index (κ1) is 15.1. The summed E-state index contributed by atoms with van der Waals surface area (Å²) in [5, 5.41) is 0.622. The lowest BCUT2D eigenvalue weighted by atomic mass is 10.2. The molecule has 20 heavy (non-hydrogen) atoms. The number of hydrogen-bond donors (Lipinski definition) is 1. The Bertz CT molecular complexity index is 457. The molecule has 5 heteroatoms. The summed E-state index contributed by atoms with van der Waals surface area (Å²) >= 11 is 5.91. The van der Waals surface area contributed by atoms with E-state index in [1.54, 1.807) is 18.2 Å². The van der Waals surface area contributed by atoms with Gasteiger partial charge < -0.3 is 15.4 Å². The molecule has 2 N–H and O–H groups in total. The predicted molar refractivity (Wildman–Crippen MR) is 79.9 cm³/mol. The Morgan fingerprint density at radius 2 is 1.95 bits per heavy atom. The van der Waals surface area contributed by atoms with Crippen molar-refractivity contribution in [3.8, 4) is 5.75 Å². The van der Waals surface area contributed by atoms with E-state index >= 15 is 0 Å². The first-order valence-electron chi connectivity index (χ1n) is 7.10. The number of nitrogens with two attached hydrogens (primary N) is 1. The topological polar surface area (TPSA) is 55.6 Å². The SMILES string of the molecule is NCc1cc(Cl)ccc1OCC(=O)N1CCCCCC1. The molecule has 1 amide bonds. The van der Waals surface area contributed by atoms with E-state index < -0.39 is 0 Å². The van der Waals surface area contributed by atoms with E-state index in [1.807, 2.05) is 4.90 Å². The maximum Gasteiger partial charge on any atom is 0.260 e. The molecule has 0 unspecified atom stereocenters. The van der Waals surface area contributed by atoms with Crippen LogP contribution in [0.15, 0.2) is 18.2 Å². The van der Waals surface area contributed by atoms with Gasteiger partial charge in [0.2, 0.25) is 0 Å². The van der Waals surface area contributed by atoms with Crippen molar-refractivity contribution in [3.63, 3.8) is 0 Å². The van der Waals surface area contributed by atoms with Crippen molar-refractivity contribution in [2.45, 2.75) is 32.2 Å². The second-order valence-corrected chi connectivity index (χ2v) is 5.48. The van der Waals surface area contributed by atoms with Crippen LogP contribution < -0.4 is 10.5 Å². The minimum atomic E-state index is 0.0461. The maximum absolute atomic E-state index is 12.1. The molecule has 0 bridgehead atoms. The zero-order valence-corrected chi connectivity index (χ0v) is 12.4. The van der Waals surface area contributed by atoms with Crippen LogP contribution in [0, 0.1) is 0 Å². The third-order valence-corrected chi connectivity index (χ3v) is 3.79. The monoisotopic (exact) mass is 296 g/mol. The molecule has 0 spiro atoms. The highest BCUT2D eigenvalue weighted by Crippen LogP contribution is 2.22. The molecule has 110 valence electrons. The van der Waals surface area contributed by atoms with Gasteiger partial charge in [0, 0.05) is 30.2 Å². The maximum atomic E-state index is 12.1. The van der Waals surface area contributed by atoms with E-state index in [0.29, 0.717) is 17.3 Å². The van der Waals surface area contributed by atoms with Crippen LogP contribution in [-0.2, 0) is 11.3 Å². The Morgan fingerprint density at radius 1 is 1.25 bits per heavy atom. The zero-order valence-electron chi connectivity index (χ0n) is 11.6. The number of nitrogens with zero attached hydrogens (tertiary/aromatic N) is 1. The fraction of sp³-hybridized carbons (Fsp3) is 0.533. The minimum absolute atomic E-state index is 0.0461. The molecular formula is C15H21ClN2O2. The lowest BCUT2D eigenvalue weighted by molar-refractivity contribution is -0.133. The number of rotatable bonds is 4. The molecule has 2 rings (SSSR count). The van der Waals surface area contributed by atoms with E-state index in [9.17, 15) is 4.79 Å². The summed E-state index contributed by atoms with van der Waals surface area (Å²) in [6.07, 6.45) is 4.58. The zero-order chi connectivity index (χ0) is 14.4. The number of hydrogen-bond acceptors (Lipinski definition) is 3. The van der Waals surface area contributed by atoms with Crippen LogP contribution in [0.3, 0.4) is 0 Å². The first-order chi connectivity index (χ1) is 9.70.